The van der Waals surface area contributed by atoms with Crippen molar-refractivity contribution in [2.45, 2.75) is 39.4 Å². The van der Waals surface area contributed by atoms with Gasteiger partial charge in [-0.05, 0) is 60.7 Å². The molecular formula is C26H36N4OS. The number of rotatable bonds is 7. The SMILES string of the molecule is CC1CCN(Cc2ccc(CNC(=O)NCc3ccc(N4CCSCC4)cc3)cc2)CC1. The van der Waals surface area contributed by atoms with Crippen LogP contribution in [0.4, 0.5) is 10.5 Å². The molecule has 0 aromatic heterocycles. The van der Waals surface area contributed by atoms with Crippen molar-refractivity contribution in [3.63, 3.8) is 0 Å². The standard InChI is InChI=1S/C26H36N4OS/c1-21-10-12-29(13-11-21)20-24-4-2-22(3-5-24)18-27-26(31)28-19-23-6-8-25(9-7-23)30-14-16-32-17-15-30/h2-9,21H,10-20H2,1H3,(H2,27,28,31). The highest BCUT2D eigenvalue weighted by molar-refractivity contribution is 7.99. The summed E-state index contributed by atoms with van der Waals surface area (Å²) in [7, 11) is 0. The minimum Gasteiger partial charge on any atom is -0.370 e. The highest BCUT2D eigenvalue weighted by atomic mass is 32.2. The Morgan fingerprint density at radius 3 is 1.97 bits per heavy atom. The molecule has 4 rings (SSSR count). The third-order valence-corrected chi connectivity index (χ3v) is 7.47. The van der Waals surface area contributed by atoms with E-state index in [9.17, 15) is 4.79 Å². The lowest BCUT2D eigenvalue weighted by atomic mass is 9.99. The molecule has 32 heavy (non-hydrogen) atoms. The summed E-state index contributed by atoms with van der Waals surface area (Å²) in [5, 5.41) is 5.93. The van der Waals surface area contributed by atoms with Crippen LogP contribution in [0.25, 0.3) is 0 Å². The summed E-state index contributed by atoms with van der Waals surface area (Å²) in [6.07, 6.45) is 2.61. The molecular weight excluding hydrogens is 416 g/mol. The fourth-order valence-corrected chi connectivity index (χ4v) is 5.22. The first-order valence-corrected chi connectivity index (χ1v) is 13.0. The summed E-state index contributed by atoms with van der Waals surface area (Å²) >= 11 is 2.02. The second-order valence-corrected chi connectivity index (χ2v) is 10.3. The Bertz CT molecular complexity index is 841. The van der Waals surface area contributed by atoms with Crippen LogP contribution < -0.4 is 15.5 Å². The molecule has 0 spiro atoms. The zero-order valence-corrected chi connectivity index (χ0v) is 20.0. The maximum absolute atomic E-state index is 12.2. The molecule has 2 amide bonds. The Balaban J connectivity index is 1.16. The molecule has 2 fully saturated rings. The van der Waals surface area contributed by atoms with E-state index < -0.39 is 0 Å². The number of benzene rings is 2. The number of amides is 2. The lowest BCUT2D eigenvalue weighted by molar-refractivity contribution is 0.185. The van der Waals surface area contributed by atoms with Gasteiger partial charge in [-0.3, -0.25) is 4.90 Å². The topological polar surface area (TPSA) is 47.6 Å². The first-order valence-electron chi connectivity index (χ1n) is 11.9. The van der Waals surface area contributed by atoms with Gasteiger partial charge in [0.15, 0.2) is 0 Å². The van der Waals surface area contributed by atoms with Gasteiger partial charge in [-0.15, -0.1) is 0 Å². The van der Waals surface area contributed by atoms with E-state index in [2.05, 4.69) is 75.9 Å². The second-order valence-electron chi connectivity index (χ2n) is 9.08. The largest absolute Gasteiger partial charge is 0.370 e. The number of carbonyl (C=O) groups is 1. The molecule has 2 heterocycles. The first kappa shape index (κ1) is 23.0. The fourth-order valence-electron chi connectivity index (χ4n) is 4.31. The van der Waals surface area contributed by atoms with Gasteiger partial charge in [0.05, 0.1) is 0 Å². The molecule has 0 unspecified atom stereocenters. The molecule has 5 nitrogen and oxygen atoms in total. The van der Waals surface area contributed by atoms with Crippen molar-refractivity contribution in [1.29, 1.82) is 0 Å². The number of nitrogens with one attached hydrogen (secondary N) is 2. The van der Waals surface area contributed by atoms with Crippen LogP contribution in [0.15, 0.2) is 48.5 Å². The second kappa shape index (κ2) is 11.6. The maximum Gasteiger partial charge on any atom is 0.315 e. The molecule has 0 radical (unpaired) electrons. The van der Waals surface area contributed by atoms with Crippen molar-refractivity contribution in [3.8, 4) is 0 Å². The van der Waals surface area contributed by atoms with E-state index in [1.165, 1.54) is 48.7 Å². The summed E-state index contributed by atoms with van der Waals surface area (Å²) in [4.78, 5) is 17.2. The highest BCUT2D eigenvalue weighted by Gasteiger charge is 2.15. The van der Waals surface area contributed by atoms with Crippen LogP contribution in [0.3, 0.4) is 0 Å². The molecule has 172 valence electrons. The third-order valence-electron chi connectivity index (χ3n) is 6.52. The van der Waals surface area contributed by atoms with Gasteiger partial charge in [0.2, 0.25) is 0 Å². The average Bonchev–Trinajstić information content (AvgIpc) is 2.84. The number of piperidine rings is 1. The van der Waals surface area contributed by atoms with Gasteiger partial charge in [-0.2, -0.15) is 11.8 Å². The van der Waals surface area contributed by atoms with Gasteiger partial charge in [-0.1, -0.05) is 43.3 Å². The lowest BCUT2D eigenvalue weighted by Crippen LogP contribution is -2.34. The van der Waals surface area contributed by atoms with E-state index in [4.69, 9.17) is 0 Å². The smallest absolute Gasteiger partial charge is 0.315 e. The van der Waals surface area contributed by atoms with Gasteiger partial charge in [-0.25, -0.2) is 4.79 Å². The molecule has 2 aromatic carbocycles. The van der Waals surface area contributed by atoms with Crippen molar-refractivity contribution >= 4 is 23.5 Å². The number of urea groups is 1. The quantitative estimate of drug-likeness (QED) is 0.651. The minimum absolute atomic E-state index is 0.131. The van der Waals surface area contributed by atoms with Gasteiger partial charge in [0.1, 0.15) is 0 Å². The number of thioether (sulfide) groups is 1. The minimum atomic E-state index is -0.131. The van der Waals surface area contributed by atoms with Crippen LogP contribution in [0.1, 0.15) is 36.5 Å². The van der Waals surface area contributed by atoms with Gasteiger partial charge < -0.3 is 15.5 Å². The van der Waals surface area contributed by atoms with E-state index in [1.807, 2.05) is 11.8 Å². The summed E-state index contributed by atoms with van der Waals surface area (Å²) in [6, 6.07) is 17.0. The molecule has 2 aliphatic heterocycles. The van der Waals surface area contributed by atoms with E-state index in [0.717, 1.165) is 36.7 Å². The van der Waals surface area contributed by atoms with Gasteiger partial charge in [0, 0.05) is 49.9 Å². The molecule has 2 N–H and O–H groups in total. The van der Waals surface area contributed by atoms with Crippen molar-refractivity contribution in [2.75, 3.05) is 42.6 Å². The van der Waals surface area contributed by atoms with Crippen LogP contribution in [0.2, 0.25) is 0 Å². The molecule has 6 heteroatoms. The van der Waals surface area contributed by atoms with Gasteiger partial charge in [0.25, 0.3) is 0 Å². The fraction of sp³-hybridized carbons (Fsp3) is 0.500. The molecule has 0 atom stereocenters. The van der Waals surface area contributed by atoms with E-state index in [1.54, 1.807) is 0 Å². The number of hydrogen-bond donors (Lipinski definition) is 2. The molecule has 0 aliphatic carbocycles. The predicted octanol–water partition coefficient (Wildman–Crippen LogP) is 4.47. The molecule has 0 saturated carbocycles. The molecule has 0 bridgehead atoms. The summed E-state index contributed by atoms with van der Waals surface area (Å²) in [5.74, 6) is 3.26. The number of carbonyl (C=O) groups excluding carboxylic acids is 1. The van der Waals surface area contributed by atoms with Crippen molar-refractivity contribution in [2.24, 2.45) is 5.92 Å². The lowest BCUT2D eigenvalue weighted by Gasteiger charge is -2.30. The zero-order valence-electron chi connectivity index (χ0n) is 19.2. The van der Waals surface area contributed by atoms with E-state index in [-0.39, 0.29) is 6.03 Å². The maximum atomic E-state index is 12.2. The van der Waals surface area contributed by atoms with Crippen molar-refractivity contribution in [3.05, 3.63) is 65.2 Å². The number of nitrogens with zero attached hydrogens (tertiary/aromatic N) is 2. The summed E-state index contributed by atoms with van der Waals surface area (Å²) in [6.45, 7) is 9.08. The van der Waals surface area contributed by atoms with Crippen LogP contribution >= 0.6 is 11.8 Å². The number of likely N-dealkylation sites (tertiary alicyclic amines) is 1. The van der Waals surface area contributed by atoms with Crippen molar-refractivity contribution < 1.29 is 4.79 Å². The Kier molecular flexibility index (Phi) is 8.35. The monoisotopic (exact) mass is 452 g/mol. The predicted molar refractivity (Wildman–Crippen MR) is 135 cm³/mol. The van der Waals surface area contributed by atoms with E-state index >= 15 is 0 Å². The van der Waals surface area contributed by atoms with Crippen LogP contribution in [-0.4, -0.2) is 48.6 Å². The Labute approximate surface area is 196 Å². The summed E-state index contributed by atoms with van der Waals surface area (Å²) in [5.41, 5.74) is 4.86. The molecule has 2 saturated heterocycles. The summed E-state index contributed by atoms with van der Waals surface area (Å²) < 4.78 is 0. The molecule has 2 aromatic rings. The van der Waals surface area contributed by atoms with Gasteiger partial charge >= 0.3 is 6.03 Å². The van der Waals surface area contributed by atoms with Crippen molar-refractivity contribution in [1.82, 2.24) is 15.5 Å². The highest BCUT2D eigenvalue weighted by Crippen LogP contribution is 2.20. The average molecular weight is 453 g/mol. The van der Waals surface area contributed by atoms with Crippen LogP contribution in [-0.2, 0) is 19.6 Å². The zero-order chi connectivity index (χ0) is 22.2. The Hall–Kier alpha value is -2.18. The Morgan fingerprint density at radius 2 is 1.38 bits per heavy atom. The normalized spacial score (nSPS) is 17.8. The first-order chi connectivity index (χ1) is 15.7. The Morgan fingerprint density at radius 1 is 0.844 bits per heavy atom. The third kappa shape index (κ3) is 6.91. The number of anilines is 1. The number of hydrogen-bond acceptors (Lipinski definition) is 4. The van der Waals surface area contributed by atoms with Crippen LogP contribution in [0.5, 0.6) is 0 Å². The molecule has 2 aliphatic rings. The van der Waals surface area contributed by atoms with Crippen LogP contribution in [0, 0.1) is 5.92 Å². The van der Waals surface area contributed by atoms with E-state index in [0.29, 0.717) is 13.1 Å².